The van der Waals surface area contributed by atoms with E-state index in [4.69, 9.17) is 0 Å². The number of aliphatic hydroxyl groups is 4. The van der Waals surface area contributed by atoms with Gasteiger partial charge in [-0.3, -0.25) is 0 Å². The van der Waals surface area contributed by atoms with Crippen LogP contribution in [0.3, 0.4) is 0 Å². The molecule has 1 aliphatic rings. The minimum atomic E-state index is -0.988. The smallest absolute Gasteiger partial charge is 0.0861 e. The van der Waals surface area contributed by atoms with Crippen molar-refractivity contribution >= 4 is 0 Å². The monoisotopic (exact) mass is 218 g/mol. The van der Waals surface area contributed by atoms with Crippen LogP contribution >= 0.6 is 0 Å². The molecule has 0 amide bonds. The molecule has 90 valence electrons. The zero-order chi connectivity index (χ0) is 12.0. The van der Waals surface area contributed by atoms with Crippen molar-refractivity contribution < 1.29 is 20.4 Å². The normalized spacial score (nSPS) is 48.0. The lowest BCUT2D eigenvalue weighted by Gasteiger charge is -2.48. The van der Waals surface area contributed by atoms with Crippen LogP contribution in [0.2, 0.25) is 0 Å². The zero-order valence-electron chi connectivity index (χ0n) is 9.75. The summed E-state index contributed by atoms with van der Waals surface area (Å²) in [7, 11) is 0. The highest BCUT2D eigenvalue weighted by Crippen LogP contribution is 2.40. The van der Waals surface area contributed by atoms with Crippen molar-refractivity contribution in [2.45, 2.75) is 52.1 Å². The Balaban J connectivity index is 2.97. The Morgan fingerprint density at radius 3 is 1.33 bits per heavy atom. The quantitative estimate of drug-likeness (QED) is 0.452. The summed E-state index contributed by atoms with van der Waals surface area (Å²) >= 11 is 0. The van der Waals surface area contributed by atoms with E-state index in [9.17, 15) is 20.4 Å². The first-order chi connectivity index (χ1) is 6.68. The molecular weight excluding hydrogens is 196 g/mol. The lowest BCUT2D eigenvalue weighted by atomic mass is 9.64. The largest absolute Gasteiger partial charge is 0.390 e. The van der Waals surface area contributed by atoms with E-state index >= 15 is 0 Å². The van der Waals surface area contributed by atoms with Gasteiger partial charge in [0, 0.05) is 11.8 Å². The van der Waals surface area contributed by atoms with Gasteiger partial charge in [0.15, 0.2) is 0 Å². The summed E-state index contributed by atoms with van der Waals surface area (Å²) in [5, 5.41) is 39.3. The van der Waals surface area contributed by atoms with Crippen LogP contribution in [0.4, 0.5) is 0 Å². The van der Waals surface area contributed by atoms with Crippen LogP contribution in [0.5, 0.6) is 0 Å². The fourth-order valence-electron chi connectivity index (χ4n) is 2.48. The number of hydrogen-bond acceptors (Lipinski definition) is 4. The van der Waals surface area contributed by atoms with Crippen molar-refractivity contribution in [3.8, 4) is 0 Å². The average Bonchev–Trinajstić information content (AvgIpc) is 2.09. The van der Waals surface area contributed by atoms with Gasteiger partial charge in [0.2, 0.25) is 0 Å². The van der Waals surface area contributed by atoms with Gasteiger partial charge in [-0.05, 0) is 5.41 Å². The highest BCUT2D eigenvalue weighted by Gasteiger charge is 2.50. The molecule has 0 aromatic heterocycles. The van der Waals surface area contributed by atoms with Crippen LogP contribution in [0.15, 0.2) is 0 Å². The predicted molar refractivity (Wildman–Crippen MR) is 56.1 cm³/mol. The van der Waals surface area contributed by atoms with Crippen LogP contribution in [-0.4, -0.2) is 44.8 Å². The second-order valence-electron chi connectivity index (χ2n) is 5.71. The van der Waals surface area contributed by atoms with Crippen molar-refractivity contribution in [2.24, 2.45) is 17.3 Å². The van der Waals surface area contributed by atoms with Crippen LogP contribution in [0, 0.1) is 17.3 Å². The third kappa shape index (κ3) is 2.18. The Bertz CT molecular complexity index is 207. The van der Waals surface area contributed by atoms with Gasteiger partial charge in [-0.1, -0.05) is 27.7 Å². The van der Waals surface area contributed by atoms with Crippen molar-refractivity contribution in [1.82, 2.24) is 0 Å². The SMILES string of the molecule is CC1C(O)C(O)C(C(C)(C)C)C(O)[C@@H]1O. The predicted octanol–water partition coefficient (Wildman–Crippen LogP) is -0.258. The fourth-order valence-corrected chi connectivity index (χ4v) is 2.48. The molecule has 0 bridgehead atoms. The summed E-state index contributed by atoms with van der Waals surface area (Å²) < 4.78 is 0. The Morgan fingerprint density at radius 1 is 0.733 bits per heavy atom. The van der Waals surface area contributed by atoms with Gasteiger partial charge in [0.05, 0.1) is 24.4 Å². The van der Waals surface area contributed by atoms with Crippen molar-refractivity contribution in [3.63, 3.8) is 0 Å². The van der Waals surface area contributed by atoms with Crippen LogP contribution in [-0.2, 0) is 0 Å². The number of rotatable bonds is 0. The molecule has 0 radical (unpaired) electrons. The standard InChI is InChI=1S/C11H22O4/c1-5-7(12)9(14)6(11(2,3)4)10(15)8(5)13/h5-10,12-15H,1-4H3/t5?,6?,7-,8?,9?,10?/m1/s1. The maximum atomic E-state index is 9.91. The molecule has 1 fully saturated rings. The van der Waals surface area contributed by atoms with Gasteiger partial charge >= 0.3 is 0 Å². The average molecular weight is 218 g/mol. The van der Waals surface area contributed by atoms with Crippen LogP contribution < -0.4 is 0 Å². The minimum absolute atomic E-state index is 0.360. The van der Waals surface area contributed by atoms with Gasteiger partial charge < -0.3 is 20.4 Å². The van der Waals surface area contributed by atoms with E-state index in [1.54, 1.807) is 6.92 Å². The molecule has 0 aromatic carbocycles. The van der Waals surface area contributed by atoms with Crippen molar-refractivity contribution in [2.75, 3.05) is 0 Å². The summed E-state index contributed by atoms with van der Waals surface area (Å²) in [6.07, 6.45) is -3.93. The van der Waals surface area contributed by atoms with Gasteiger partial charge in [-0.15, -0.1) is 0 Å². The molecule has 6 atom stereocenters. The highest BCUT2D eigenvalue weighted by atomic mass is 16.4. The first kappa shape index (κ1) is 12.9. The van der Waals surface area contributed by atoms with E-state index in [2.05, 4.69) is 0 Å². The fraction of sp³-hybridized carbons (Fsp3) is 1.00. The molecule has 0 heterocycles. The molecule has 4 nitrogen and oxygen atoms in total. The molecule has 0 saturated heterocycles. The summed E-state index contributed by atoms with van der Waals surface area (Å²) in [5.74, 6) is -1.02. The first-order valence-corrected chi connectivity index (χ1v) is 5.40. The lowest BCUT2D eigenvalue weighted by molar-refractivity contribution is -0.197. The van der Waals surface area contributed by atoms with E-state index in [0.717, 1.165) is 0 Å². The molecule has 5 unspecified atom stereocenters. The second-order valence-corrected chi connectivity index (χ2v) is 5.71. The molecule has 0 spiro atoms. The molecule has 1 aliphatic carbocycles. The summed E-state index contributed by atoms with van der Waals surface area (Å²) in [4.78, 5) is 0. The van der Waals surface area contributed by atoms with Crippen molar-refractivity contribution in [3.05, 3.63) is 0 Å². The molecular formula is C11H22O4. The lowest BCUT2D eigenvalue weighted by Crippen LogP contribution is -2.60. The van der Waals surface area contributed by atoms with E-state index in [1.165, 1.54) is 0 Å². The maximum absolute atomic E-state index is 9.91. The minimum Gasteiger partial charge on any atom is -0.390 e. The van der Waals surface area contributed by atoms with Crippen LogP contribution in [0.25, 0.3) is 0 Å². The van der Waals surface area contributed by atoms with E-state index < -0.39 is 36.3 Å². The Labute approximate surface area is 90.6 Å². The zero-order valence-corrected chi connectivity index (χ0v) is 9.75. The van der Waals surface area contributed by atoms with E-state index in [-0.39, 0.29) is 5.41 Å². The first-order valence-electron chi connectivity index (χ1n) is 5.40. The summed E-state index contributed by atoms with van der Waals surface area (Å²) in [5.41, 5.74) is -0.360. The van der Waals surface area contributed by atoms with Gasteiger partial charge in [0.25, 0.3) is 0 Å². The third-order valence-electron chi connectivity index (χ3n) is 3.51. The van der Waals surface area contributed by atoms with Crippen LogP contribution in [0.1, 0.15) is 27.7 Å². The Kier molecular flexibility index (Phi) is 3.45. The Morgan fingerprint density at radius 2 is 1.07 bits per heavy atom. The third-order valence-corrected chi connectivity index (χ3v) is 3.51. The van der Waals surface area contributed by atoms with Gasteiger partial charge in [0.1, 0.15) is 0 Å². The van der Waals surface area contributed by atoms with Gasteiger partial charge in [-0.25, -0.2) is 0 Å². The van der Waals surface area contributed by atoms with Gasteiger partial charge in [-0.2, -0.15) is 0 Å². The number of hydrogen-bond donors (Lipinski definition) is 4. The topological polar surface area (TPSA) is 80.9 Å². The van der Waals surface area contributed by atoms with Crippen molar-refractivity contribution in [1.29, 1.82) is 0 Å². The molecule has 1 rings (SSSR count). The second kappa shape index (κ2) is 4.01. The highest BCUT2D eigenvalue weighted by molar-refractivity contribution is 5.00. The summed E-state index contributed by atoms with van der Waals surface area (Å²) in [6, 6.07) is 0. The molecule has 15 heavy (non-hydrogen) atoms. The number of aliphatic hydroxyl groups excluding tert-OH is 4. The summed E-state index contributed by atoms with van der Waals surface area (Å²) in [6.45, 7) is 7.25. The molecule has 0 aliphatic heterocycles. The maximum Gasteiger partial charge on any atom is 0.0861 e. The molecule has 0 aromatic rings. The Hall–Kier alpha value is -0.160. The molecule has 1 saturated carbocycles. The van der Waals surface area contributed by atoms with E-state index in [1.807, 2.05) is 20.8 Å². The molecule has 4 N–H and O–H groups in total. The molecule has 4 heteroatoms. The van der Waals surface area contributed by atoms with E-state index in [0.29, 0.717) is 0 Å².